The van der Waals surface area contributed by atoms with Crippen molar-refractivity contribution in [3.05, 3.63) is 35.8 Å². The Bertz CT molecular complexity index is 370. The van der Waals surface area contributed by atoms with Gasteiger partial charge in [0.15, 0.2) is 6.29 Å². The first kappa shape index (κ1) is 11.4. The van der Waals surface area contributed by atoms with Crippen LogP contribution < -0.4 is 0 Å². The number of aromatic nitrogens is 1. The van der Waals surface area contributed by atoms with Gasteiger partial charge in [-0.1, -0.05) is 6.92 Å². The van der Waals surface area contributed by atoms with Crippen LogP contribution in [-0.2, 0) is 11.2 Å². The Hall–Kier alpha value is -1.64. The number of nitrogens with zero attached hydrogens (tertiary/aromatic N) is 2. The predicted molar refractivity (Wildman–Crippen MR) is 61.3 cm³/mol. The molecule has 0 aliphatic carbocycles. The molecule has 0 spiro atoms. The largest absolute Gasteiger partial charge is 0.383 e. The topological polar surface area (TPSA) is 33.2 Å². The molecule has 0 aliphatic heterocycles. The van der Waals surface area contributed by atoms with Crippen LogP contribution in [0.5, 0.6) is 0 Å². The summed E-state index contributed by atoms with van der Waals surface area (Å²) >= 11 is 0. The standard InChI is InChI=1S/C12H16N2O/c1-4-10-7-13-6-5-12(10)11(9-15)8-14(2)3/h5-9H,4H2,1-3H3/b11-8+. The maximum Gasteiger partial charge on any atom is 0.152 e. The van der Waals surface area contributed by atoms with Crippen molar-refractivity contribution in [3.8, 4) is 0 Å². The van der Waals surface area contributed by atoms with E-state index in [1.54, 1.807) is 6.20 Å². The molecule has 3 heteroatoms. The van der Waals surface area contributed by atoms with Crippen molar-refractivity contribution in [1.29, 1.82) is 0 Å². The van der Waals surface area contributed by atoms with E-state index < -0.39 is 0 Å². The first-order valence-corrected chi connectivity index (χ1v) is 4.95. The van der Waals surface area contributed by atoms with E-state index in [2.05, 4.69) is 11.9 Å². The van der Waals surface area contributed by atoms with E-state index in [-0.39, 0.29) is 0 Å². The number of carbonyl (C=O) groups is 1. The fourth-order valence-corrected chi connectivity index (χ4v) is 1.43. The molecule has 0 unspecified atom stereocenters. The van der Waals surface area contributed by atoms with E-state index >= 15 is 0 Å². The van der Waals surface area contributed by atoms with Gasteiger partial charge in [-0.2, -0.15) is 0 Å². The van der Waals surface area contributed by atoms with Gasteiger partial charge in [0.25, 0.3) is 0 Å². The number of aryl methyl sites for hydroxylation is 1. The van der Waals surface area contributed by atoms with Gasteiger partial charge in [0.2, 0.25) is 0 Å². The van der Waals surface area contributed by atoms with Crippen LogP contribution in [0.2, 0.25) is 0 Å². The second-order valence-corrected chi connectivity index (χ2v) is 3.55. The molecule has 1 rings (SSSR count). The molecule has 1 aromatic rings. The van der Waals surface area contributed by atoms with Crippen molar-refractivity contribution in [2.24, 2.45) is 0 Å². The molecule has 0 aliphatic rings. The number of aldehydes is 1. The van der Waals surface area contributed by atoms with E-state index in [1.807, 2.05) is 37.5 Å². The number of pyridine rings is 1. The van der Waals surface area contributed by atoms with E-state index in [9.17, 15) is 4.79 Å². The van der Waals surface area contributed by atoms with Gasteiger partial charge >= 0.3 is 0 Å². The lowest BCUT2D eigenvalue weighted by Crippen LogP contribution is -2.04. The minimum atomic E-state index is 0.694. The van der Waals surface area contributed by atoms with Crippen molar-refractivity contribution in [3.63, 3.8) is 0 Å². The summed E-state index contributed by atoms with van der Waals surface area (Å²) < 4.78 is 0. The average molecular weight is 204 g/mol. The number of carbonyl (C=O) groups excluding carboxylic acids is 1. The summed E-state index contributed by atoms with van der Waals surface area (Å²) in [6, 6.07) is 1.88. The fourth-order valence-electron chi connectivity index (χ4n) is 1.43. The molecular formula is C12H16N2O. The summed E-state index contributed by atoms with van der Waals surface area (Å²) in [6.07, 6.45) is 7.10. The van der Waals surface area contributed by atoms with Gasteiger partial charge in [-0.3, -0.25) is 9.78 Å². The third-order valence-electron chi connectivity index (χ3n) is 2.12. The highest BCUT2D eigenvalue weighted by Crippen LogP contribution is 2.17. The summed E-state index contributed by atoms with van der Waals surface area (Å²) in [7, 11) is 3.80. The van der Waals surface area contributed by atoms with Gasteiger partial charge in [0.1, 0.15) is 0 Å². The van der Waals surface area contributed by atoms with Crippen LogP contribution in [0.1, 0.15) is 18.1 Å². The Morgan fingerprint density at radius 2 is 2.27 bits per heavy atom. The summed E-state index contributed by atoms with van der Waals surface area (Å²) in [5.74, 6) is 0. The molecule has 0 aromatic carbocycles. The second kappa shape index (κ2) is 5.29. The molecule has 0 fully saturated rings. The number of hydrogen-bond donors (Lipinski definition) is 0. The van der Waals surface area contributed by atoms with E-state index in [0.29, 0.717) is 5.57 Å². The number of rotatable bonds is 4. The Morgan fingerprint density at radius 1 is 1.53 bits per heavy atom. The highest BCUT2D eigenvalue weighted by atomic mass is 16.1. The van der Waals surface area contributed by atoms with Gasteiger partial charge in [-0.05, 0) is 23.6 Å². The van der Waals surface area contributed by atoms with E-state index in [4.69, 9.17) is 0 Å². The highest BCUT2D eigenvalue weighted by molar-refractivity contribution is 6.07. The SMILES string of the molecule is CCc1cnccc1/C(C=O)=C/N(C)C. The molecule has 0 amide bonds. The zero-order valence-corrected chi connectivity index (χ0v) is 9.40. The average Bonchev–Trinajstić information content (AvgIpc) is 2.25. The monoisotopic (exact) mass is 204 g/mol. The molecule has 0 bridgehead atoms. The highest BCUT2D eigenvalue weighted by Gasteiger charge is 2.05. The summed E-state index contributed by atoms with van der Waals surface area (Å²) in [5, 5.41) is 0. The van der Waals surface area contributed by atoms with Crippen LogP contribution in [0, 0.1) is 0 Å². The van der Waals surface area contributed by atoms with Crippen molar-refractivity contribution in [2.45, 2.75) is 13.3 Å². The number of hydrogen-bond acceptors (Lipinski definition) is 3. The zero-order chi connectivity index (χ0) is 11.3. The van der Waals surface area contributed by atoms with Crippen LogP contribution in [0.25, 0.3) is 5.57 Å². The lowest BCUT2D eigenvalue weighted by molar-refractivity contribution is -0.103. The van der Waals surface area contributed by atoms with Gasteiger partial charge in [-0.25, -0.2) is 0 Å². The van der Waals surface area contributed by atoms with Crippen molar-refractivity contribution in [1.82, 2.24) is 9.88 Å². The normalized spacial score (nSPS) is 11.3. The summed E-state index contributed by atoms with van der Waals surface area (Å²) in [5.41, 5.74) is 2.76. The fraction of sp³-hybridized carbons (Fsp3) is 0.333. The van der Waals surface area contributed by atoms with Gasteiger partial charge in [-0.15, -0.1) is 0 Å². The van der Waals surface area contributed by atoms with Gasteiger partial charge < -0.3 is 4.90 Å². The molecule has 0 radical (unpaired) electrons. The van der Waals surface area contributed by atoms with Gasteiger partial charge in [0, 0.05) is 38.3 Å². The molecule has 80 valence electrons. The minimum absolute atomic E-state index is 0.694. The smallest absolute Gasteiger partial charge is 0.152 e. The third-order valence-corrected chi connectivity index (χ3v) is 2.12. The van der Waals surface area contributed by atoms with Crippen LogP contribution in [0.3, 0.4) is 0 Å². The summed E-state index contributed by atoms with van der Waals surface area (Å²) in [6.45, 7) is 2.05. The zero-order valence-electron chi connectivity index (χ0n) is 9.40. The van der Waals surface area contributed by atoms with Crippen LogP contribution in [0.15, 0.2) is 24.7 Å². The molecule has 0 saturated carbocycles. The quantitative estimate of drug-likeness (QED) is 0.553. The van der Waals surface area contributed by atoms with Gasteiger partial charge in [0.05, 0.1) is 0 Å². The van der Waals surface area contributed by atoms with E-state index in [0.717, 1.165) is 23.8 Å². The molecular weight excluding hydrogens is 188 g/mol. The Balaban J connectivity index is 3.17. The molecule has 0 saturated heterocycles. The second-order valence-electron chi connectivity index (χ2n) is 3.55. The molecule has 1 aromatic heterocycles. The number of allylic oxidation sites excluding steroid dienone is 1. The molecule has 0 N–H and O–H groups in total. The maximum atomic E-state index is 11.0. The van der Waals surface area contributed by atoms with Crippen LogP contribution in [0.4, 0.5) is 0 Å². The summed E-state index contributed by atoms with van der Waals surface area (Å²) in [4.78, 5) is 16.9. The van der Waals surface area contributed by atoms with Crippen molar-refractivity contribution in [2.75, 3.05) is 14.1 Å². The first-order chi connectivity index (χ1) is 7.19. The predicted octanol–water partition coefficient (Wildman–Crippen LogP) is 1.75. The first-order valence-electron chi connectivity index (χ1n) is 4.95. The Labute approximate surface area is 90.4 Å². The Kier molecular flexibility index (Phi) is 4.03. The lowest BCUT2D eigenvalue weighted by Gasteiger charge is -2.10. The molecule has 3 nitrogen and oxygen atoms in total. The molecule has 1 heterocycles. The molecule has 15 heavy (non-hydrogen) atoms. The maximum absolute atomic E-state index is 11.0. The van der Waals surface area contributed by atoms with Crippen molar-refractivity contribution >= 4 is 11.9 Å². The lowest BCUT2D eigenvalue weighted by atomic mass is 10.0. The van der Waals surface area contributed by atoms with Crippen molar-refractivity contribution < 1.29 is 4.79 Å². The third kappa shape index (κ3) is 2.91. The molecule has 0 atom stereocenters. The van der Waals surface area contributed by atoms with Crippen LogP contribution >= 0.6 is 0 Å². The van der Waals surface area contributed by atoms with E-state index in [1.165, 1.54) is 0 Å². The minimum Gasteiger partial charge on any atom is -0.383 e. The van der Waals surface area contributed by atoms with Crippen LogP contribution in [-0.4, -0.2) is 30.3 Å². The Morgan fingerprint density at radius 3 is 2.80 bits per heavy atom.